The van der Waals surface area contributed by atoms with E-state index in [9.17, 15) is 4.79 Å². The molecule has 1 fully saturated rings. The number of oxazole rings is 1. The van der Waals surface area contributed by atoms with E-state index in [1.165, 1.54) is 0 Å². The van der Waals surface area contributed by atoms with Crippen molar-refractivity contribution in [3.8, 4) is 22.6 Å². The summed E-state index contributed by atoms with van der Waals surface area (Å²) in [5.74, 6) is 0.707. The number of nitrogens with two attached hydrogens (primary N) is 1. The highest BCUT2D eigenvalue weighted by Gasteiger charge is 2.19. The number of pyridine rings is 2. The summed E-state index contributed by atoms with van der Waals surface area (Å²) >= 11 is 0. The van der Waals surface area contributed by atoms with Crippen LogP contribution in [0.1, 0.15) is 10.4 Å². The Morgan fingerprint density at radius 1 is 1.03 bits per heavy atom. The normalized spacial score (nSPS) is 14.2. The summed E-state index contributed by atoms with van der Waals surface area (Å²) in [6, 6.07) is 13.0. The largest absolute Gasteiger partial charge is 0.418 e. The van der Waals surface area contributed by atoms with Gasteiger partial charge in [-0.25, -0.2) is 15.0 Å². The van der Waals surface area contributed by atoms with Crippen molar-refractivity contribution in [2.24, 2.45) is 0 Å². The molecule has 0 aliphatic carbocycles. The number of amides is 1. The van der Waals surface area contributed by atoms with Crippen LogP contribution in [-0.4, -0.2) is 52.1 Å². The van der Waals surface area contributed by atoms with E-state index in [0.29, 0.717) is 60.4 Å². The second kappa shape index (κ2) is 7.57. The van der Waals surface area contributed by atoms with Gasteiger partial charge in [-0.15, -0.1) is 0 Å². The number of hydrogen-bond donors (Lipinski definition) is 1. The van der Waals surface area contributed by atoms with Crippen LogP contribution in [0.4, 0.5) is 5.82 Å². The molecule has 4 heterocycles. The van der Waals surface area contributed by atoms with Crippen molar-refractivity contribution in [3.63, 3.8) is 0 Å². The average Bonchev–Trinajstić information content (AvgIpc) is 3.24. The Hall–Kier alpha value is -3.78. The number of nitrogens with zero attached hydrogens (tertiary/aromatic N) is 4. The molecule has 1 saturated heterocycles. The van der Waals surface area contributed by atoms with Crippen molar-refractivity contribution in [1.82, 2.24) is 19.9 Å². The highest BCUT2D eigenvalue weighted by atomic mass is 16.5. The second-order valence-corrected chi connectivity index (χ2v) is 6.99. The number of carbonyl (C=O) groups excluding carboxylic acids is 1. The molecular weight excluding hydrogens is 382 g/mol. The van der Waals surface area contributed by atoms with Gasteiger partial charge >= 0.3 is 0 Å². The molecule has 30 heavy (non-hydrogen) atoms. The zero-order valence-electron chi connectivity index (χ0n) is 16.1. The van der Waals surface area contributed by atoms with Crippen LogP contribution in [0.5, 0.6) is 0 Å². The molecule has 1 amide bonds. The molecule has 5 rings (SSSR count). The van der Waals surface area contributed by atoms with Crippen LogP contribution in [-0.2, 0) is 4.74 Å². The molecular formula is C22H19N5O3. The van der Waals surface area contributed by atoms with Crippen molar-refractivity contribution in [1.29, 1.82) is 0 Å². The Bertz CT molecular complexity index is 1180. The Kier molecular flexibility index (Phi) is 4.61. The van der Waals surface area contributed by atoms with E-state index in [4.69, 9.17) is 14.9 Å². The van der Waals surface area contributed by atoms with Gasteiger partial charge in [0, 0.05) is 36.6 Å². The fourth-order valence-electron chi connectivity index (χ4n) is 3.44. The second-order valence-electron chi connectivity index (χ2n) is 6.99. The van der Waals surface area contributed by atoms with E-state index in [0.717, 1.165) is 11.1 Å². The maximum absolute atomic E-state index is 12.6. The number of carbonyl (C=O) groups is 1. The van der Waals surface area contributed by atoms with Gasteiger partial charge in [-0.05, 0) is 35.9 Å². The molecule has 150 valence electrons. The van der Waals surface area contributed by atoms with Crippen LogP contribution in [0.15, 0.2) is 59.3 Å². The van der Waals surface area contributed by atoms with Gasteiger partial charge in [-0.2, -0.15) is 0 Å². The van der Waals surface area contributed by atoms with Crippen LogP contribution in [0, 0.1) is 0 Å². The van der Waals surface area contributed by atoms with E-state index in [2.05, 4.69) is 15.0 Å². The van der Waals surface area contributed by atoms with Gasteiger partial charge in [0.05, 0.1) is 18.8 Å². The zero-order chi connectivity index (χ0) is 20.5. The lowest BCUT2D eigenvalue weighted by molar-refractivity contribution is 0.0303. The molecule has 0 atom stereocenters. The molecule has 0 spiro atoms. The van der Waals surface area contributed by atoms with Crippen LogP contribution in [0.2, 0.25) is 0 Å². The van der Waals surface area contributed by atoms with Gasteiger partial charge in [-0.1, -0.05) is 12.1 Å². The van der Waals surface area contributed by atoms with Crippen LogP contribution in [0.25, 0.3) is 33.8 Å². The summed E-state index contributed by atoms with van der Waals surface area (Å²) in [5.41, 5.74) is 10.2. The third-order valence-electron chi connectivity index (χ3n) is 5.08. The summed E-state index contributed by atoms with van der Waals surface area (Å²) in [7, 11) is 0. The fourth-order valence-corrected chi connectivity index (χ4v) is 3.44. The first-order valence-corrected chi connectivity index (χ1v) is 9.64. The molecule has 0 saturated carbocycles. The molecule has 1 aliphatic heterocycles. The van der Waals surface area contributed by atoms with E-state index >= 15 is 0 Å². The van der Waals surface area contributed by atoms with E-state index in [1.807, 2.05) is 41.3 Å². The van der Waals surface area contributed by atoms with Crippen molar-refractivity contribution in [3.05, 3.63) is 60.4 Å². The van der Waals surface area contributed by atoms with Gasteiger partial charge in [-0.3, -0.25) is 4.79 Å². The summed E-state index contributed by atoms with van der Waals surface area (Å²) in [6.45, 7) is 2.39. The summed E-state index contributed by atoms with van der Waals surface area (Å²) in [4.78, 5) is 27.4. The number of aromatic nitrogens is 3. The molecule has 3 aromatic heterocycles. The van der Waals surface area contributed by atoms with Gasteiger partial charge < -0.3 is 19.8 Å². The molecule has 1 aromatic carbocycles. The number of fused-ring (bicyclic) bond motifs is 1. The maximum atomic E-state index is 12.6. The molecule has 0 bridgehead atoms. The lowest BCUT2D eigenvalue weighted by atomic mass is 10.0. The number of morpholine rings is 1. The van der Waals surface area contributed by atoms with Crippen LogP contribution >= 0.6 is 0 Å². The number of benzene rings is 1. The van der Waals surface area contributed by atoms with Gasteiger partial charge in [0.1, 0.15) is 11.3 Å². The Balaban J connectivity index is 1.44. The smallest absolute Gasteiger partial charge is 0.254 e. The highest BCUT2D eigenvalue weighted by molar-refractivity contribution is 5.95. The molecule has 8 nitrogen and oxygen atoms in total. The van der Waals surface area contributed by atoms with Crippen LogP contribution < -0.4 is 5.73 Å². The van der Waals surface area contributed by atoms with Crippen LogP contribution in [0.3, 0.4) is 0 Å². The highest BCUT2D eigenvalue weighted by Crippen LogP contribution is 2.31. The first-order valence-electron chi connectivity index (χ1n) is 9.64. The minimum Gasteiger partial charge on any atom is -0.418 e. The topological polar surface area (TPSA) is 107 Å². The van der Waals surface area contributed by atoms with Gasteiger partial charge in [0.25, 0.3) is 5.91 Å². The van der Waals surface area contributed by atoms with E-state index < -0.39 is 0 Å². The van der Waals surface area contributed by atoms with Crippen molar-refractivity contribution in [2.45, 2.75) is 0 Å². The van der Waals surface area contributed by atoms with E-state index in [-0.39, 0.29) is 5.91 Å². The quantitative estimate of drug-likeness (QED) is 0.562. The third-order valence-corrected chi connectivity index (χ3v) is 5.08. The number of nitrogen functional groups attached to an aromatic ring is 1. The predicted molar refractivity (Wildman–Crippen MR) is 112 cm³/mol. The summed E-state index contributed by atoms with van der Waals surface area (Å²) in [6.07, 6.45) is 3.34. The molecule has 0 unspecified atom stereocenters. The van der Waals surface area contributed by atoms with Crippen molar-refractivity contribution < 1.29 is 13.9 Å². The fraction of sp³-hybridized carbons (Fsp3) is 0.182. The number of rotatable bonds is 3. The maximum Gasteiger partial charge on any atom is 0.254 e. The standard InChI is InChI=1S/C22H19N5O3/c23-19-17(20-26-18-2-1-7-24-21(18)30-20)12-16(13-25-19)14-3-5-15(6-4-14)22(28)27-8-10-29-11-9-27/h1-7,12-13H,8-11H2,(H2,23,25). The molecule has 0 radical (unpaired) electrons. The van der Waals surface area contributed by atoms with Gasteiger partial charge in [0.15, 0.2) is 0 Å². The van der Waals surface area contributed by atoms with Crippen molar-refractivity contribution >= 4 is 23.0 Å². The first kappa shape index (κ1) is 18.3. The predicted octanol–water partition coefficient (Wildman–Crippen LogP) is 3.01. The molecule has 1 aliphatic rings. The van der Waals surface area contributed by atoms with Crippen molar-refractivity contribution in [2.75, 3.05) is 32.0 Å². The molecule has 4 aromatic rings. The SMILES string of the molecule is Nc1ncc(-c2ccc(C(=O)N3CCOCC3)cc2)cc1-c1nc2cccnc2o1. The number of hydrogen-bond acceptors (Lipinski definition) is 7. The number of anilines is 1. The third kappa shape index (κ3) is 3.37. The molecule has 2 N–H and O–H groups in total. The average molecular weight is 401 g/mol. The Labute approximate surface area is 172 Å². The Morgan fingerprint density at radius 3 is 2.60 bits per heavy atom. The molecule has 8 heteroatoms. The lowest BCUT2D eigenvalue weighted by Crippen LogP contribution is -2.40. The zero-order valence-corrected chi connectivity index (χ0v) is 16.1. The summed E-state index contributed by atoms with van der Waals surface area (Å²) in [5, 5.41) is 0. The monoisotopic (exact) mass is 401 g/mol. The van der Waals surface area contributed by atoms with Gasteiger partial charge in [0.2, 0.25) is 11.6 Å². The summed E-state index contributed by atoms with van der Waals surface area (Å²) < 4.78 is 11.1. The lowest BCUT2D eigenvalue weighted by Gasteiger charge is -2.26. The number of ether oxygens (including phenoxy) is 1. The Morgan fingerprint density at radius 2 is 1.83 bits per heavy atom. The minimum absolute atomic E-state index is 0.0138. The first-order chi connectivity index (χ1) is 14.7. The minimum atomic E-state index is 0.0138. The van der Waals surface area contributed by atoms with E-state index in [1.54, 1.807) is 18.5 Å².